The van der Waals surface area contributed by atoms with Crippen LogP contribution >= 0.6 is 0 Å². The molecule has 0 saturated carbocycles. The lowest BCUT2D eigenvalue weighted by atomic mass is 10.0. The summed E-state index contributed by atoms with van der Waals surface area (Å²) in [5.41, 5.74) is 1.12. The Morgan fingerprint density at radius 1 is 1.24 bits per heavy atom. The molecule has 1 aromatic rings. The molecule has 1 N–H and O–H groups in total. The summed E-state index contributed by atoms with van der Waals surface area (Å²) in [5, 5.41) is 3.53. The molecule has 1 atom stereocenters. The Morgan fingerprint density at radius 2 is 2.10 bits per heavy atom. The zero-order chi connectivity index (χ0) is 14.5. The molecule has 5 heteroatoms. The highest BCUT2D eigenvalue weighted by atomic mass is 16.5. The van der Waals surface area contributed by atoms with E-state index in [0.717, 1.165) is 44.4 Å². The zero-order valence-corrected chi connectivity index (χ0v) is 12.9. The first kappa shape index (κ1) is 14.6. The maximum atomic E-state index is 5.37. The maximum Gasteiger partial charge on any atom is 0.128 e. The highest BCUT2D eigenvalue weighted by Gasteiger charge is 2.18. The second kappa shape index (κ2) is 7.09. The van der Waals surface area contributed by atoms with Crippen molar-refractivity contribution in [3.8, 4) is 0 Å². The number of aromatic nitrogens is 1. The molecule has 2 aliphatic heterocycles. The van der Waals surface area contributed by atoms with E-state index in [2.05, 4.69) is 39.3 Å². The number of hydrogen-bond acceptors (Lipinski definition) is 5. The second-order valence-electron chi connectivity index (χ2n) is 6.02. The number of anilines is 2. The predicted octanol–water partition coefficient (Wildman–Crippen LogP) is 1.81. The van der Waals surface area contributed by atoms with Gasteiger partial charge in [-0.3, -0.25) is 0 Å². The Kier molecular flexibility index (Phi) is 4.93. The molecule has 0 aliphatic carbocycles. The van der Waals surface area contributed by atoms with Crippen LogP contribution in [-0.4, -0.2) is 62.4 Å². The van der Waals surface area contributed by atoms with Crippen molar-refractivity contribution in [2.75, 3.05) is 56.7 Å². The van der Waals surface area contributed by atoms with Crippen LogP contribution in [-0.2, 0) is 4.74 Å². The van der Waals surface area contributed by atoms with Gasteiger partial charge in [-0.2, -0.15) is 0 Å². The quantitative estimate of drug-likeness (QED) is 0.916. The lowest BCUT2D eigenvalue weighted by Crippen LogP contribution is -2.40. The molecule has 0 radical (unpaired) electrons. The van der Waals surface area contributed by atoms with E-state index in [9.17, 15) is 0 Å². The van der Waals surface area contributed by atoms with Crippen LogP contribution in [0, 0.1) is 0 Å². The molecule has 0 spiro atoms. The van der Waals surface area contributed by atoms with Crippen LogP contribution in [0.1, 0.15) is 19.3 Å². The van der Waals surface area contributed by atoms with Crippen molar-refractivity contribution in [2.24, 2.45) is 0 Å². The van der Waals surface area contributed by atoms with Crippen molar-refractivity contribution < 1.29 is 4.74 Å². The first-order valence-electron chi connectivity index (χ1n) is 8.06. The number of morpholine rings is 1. The van der Waals surface area contributed by atoms with Gasteiger partial charge >= 0.3 is 0 Å². The minimum Gasteiger partial charge on any atom is -0.382 e. The molecule has 1 aromatic heterocycles. The maximum absolute atomic E-state index is 5.37. The highest BCUT2D eigenvalue weighted by molar-refractivity contribution is 5.48. The van der Waals surface area contributed by atoms with Crippen molar-refractivity contribution in [3.63, 3.8) is 0 Å². The number of hydrogen-bond donors (Lipinski definition) is 1. The van der Waals surface area contributed by atoms with Crippen LogP contribution in [0.5, 0.6) is 0 Å². The summed E-state index contributed by atoms with van der Waals surface area (Å²) in [5.74, 6) is 1.05. The number of piperidine rings is 1. The van der Waals surface area contributed by atoms with Gasteiger partial charge < -0.3 is 19.9 Å². The summed E-state index contributed by atoms with van der Waals surface area (Å²) in [6.45, 7) is 5.71. The van der Waals surface area contributed by atoms with Gasteiger partial charge in [-0.05, 0) is 38.6 Å². The molecule has 3 rings (SSSR count). The standard InChI is InChI=1S/C16H26N4O/c1-19-7-3-2-4-15(19)13-17-14-5-6-16(18-12-14)20-8-10-21-11-9-20/h5-6,12,15,17H,2-4,7-11,13H2,1H3. The fourth-order valence-electron chi connectivity index (χ4n) is 3.11. The number of nitrogens with zero attached hydrogens (tertiary/aromatic N) is 3. The minimum atomic E-state index is 0.651. The van der Waals surface area contributed by atoms with Crippen LogP contribution in [0.3, 0.4) is 0 Å². The van der Waals surface area contributed by atoms with Crippen LogP contribution in [0.4, 0.5) is 11.5 Å². The summed E-state index contributed by atoms with van der Waals surface area (Å²) >= 11 is 0. The van der Waals surface area contributed by atoms with Gasteiger partial charge in [0.25, 0.3) is 0 Å². The van der Waals surface area contributed by atoms with Crippen molar-refractivity contribution in [1.29, 1.82) is 0 Å². The monoisotopic (exact) mass is 290 g/mol. The third-order valence-corrected chi connectivity index (χ3v) is 4.55. The van der Waals surface area contributed by atoms with Crippen LogP contribution < -0.4 is 10.2 Å². The summed E-state index contributed by atoms with van der Waals surface area (Å²) in [6.07, 6.45) is 5.93. The number of pyridine rings is 1. The molecule has 1 unspecified atom stereocenters. The molecule has 2 saturated heterocycles. The fourth-order valence-corrected chi connectivity index (χ4v) is 3.11. The van der Waals surface area contributed by atoms with Crippen LogP contribution in [0.2, 0.25) is 0 Å². The molecule has 0 aromatic carbocycles. The van der Waals surface area contributed by atoms with Gasteiger partial charge in [0.15, 0.2) is 0 Å². The zero-order valence-electron chi connectivity index (χ0n) is 12.9. The number of ether oxygens (including phenoxy) is 1. The number of likely N-dealkylation sites (N-methyl/N-ethyl adjacent to an activating group) is 1. The Balaban J connectivity index is 1.52. The summed E-state index contributed by atoms with van der Waals surface area (Å²) in [6, 6.07) is 4.90. The topological polar surface area (TPSA) is 40.6 Å². The van der Waals surface area contributed by atoms with Crippen molar-refractivity contribution >= 4 is 11.5 Å². The predicted molar refractivity (Wildman–Crippen MR) is 86.0 cm³/mol. The molecular weight excluding hydrogens is 264 g/mol. The molecule has 2 fully saturated rings. The first-order valence-corrected chi connectivity index (χ1v) is 8.06. The Bertz CT molecular complexity index is 430. The van der Waals surface area contributed by atoms with Gasteiger partial charge in [-0.25, -0.2) is 4.98 Å². The van der Waals surface area contributed by atoms with Gasteiger partial charge in [0, 0.05) is 25.7 Å². The molecule has 21 heavy (non-hydrogen) atoms. The molecule has 2 aliphatic rings. The van der Waals surface area contributed by atoms with Gasteiger partial charge in [0.05, 0.1) is 25.1 Å². The normalized spacial score (nSPS) is 24.0. The Morgan fingerprint density at radius 3 is 2.81 bits per heavy atom. The van der Waals surface area contributed by atoms with E-state index >= 15 is 0 Å². The first-order chi connectivity index (χ1) is 10.3. The Labute approximate surface area is 127 Å². The van der Waals surface area contributed by atoms with Gasteiger partial charge in [0.1, 0.15) is 5.82 Å². The van der Waals surface area contributed by atoms with Crippen molar-refractivity contribution in [1.82, 2.24) is 9.88 Å². The van der Waals surface area contributed by atoms with Crippen molar-refractivity contribution in [2.45, 2.75) is 25.3 Å². The van der Waals surface area contributed by atoms with Gasteiger partial charge in [0.2, 0.25) is 0 Å². The summed E-state index contributed by atoms with van der Waals surface area (Å²) in [7, 11) is 2.23. The number of nitrogens with one attached hydrogen (secondary N) is 1. The summed E-state index contributed by atoms with van der Waals surface area (Å²) < 4.78 is 5.37. The SMILES string of the molecule is CN1CCCCC1CNc1ccc(N2CCOCC2)nc1. The van der Waals surface area contributed by atoms with E-state index < -0.39 is 0 Å². The average molecular weight is 290 g/mol. The smallest absolute Gasteiger partial charge is 0.128 e. The number of likely N-dealkylation sites (tertiary alicyclic amines) is 1. The fraction of sp³-hybridized carbons (Fsp3) is 0.688. The van der Waals surface area contributed by atoms with E-state index in [0.29, 0.717) is 6.04 Å². The van der Waals surface area contributed by atoms with Crippen LogP contribution in [0.25, 0.3) is 0 Å². The molecular formula is C16H26N4O. The lowest BCUT2D eigenvalue weighted by molar-refractivity contribution is 0.122. The molecule has 0 amide bonds. The largest absolute Gasteiger partial charge is 0.382 e. The summed E-state index contributed by atoms with van der Waals surface area (Å²) in [4.78, 5) is 9.32. The molecule has 116 valence electrons. The molecule has 3 heterocycles. The Hall–Kier alpha value is -1.33. The van der Waals surface area contributed by atoms with Gasteiger partial charge in [-0.15, -0.1) is 0 Å². The third kappa shape index (κ3) is 3.86. The average Bonchev–Trinajstić information content (AvgIpc) is 2.55. The molecule has 5 nitrogen and oxygen atoms in total. The van der Waals surface area contributed by atoms with Gasteiger partial charge in [-0.1, -0.05) is 6.42 Å². The van der Waals surface area contributed by atoms with Crippen molar-refractivity contribution in [3.05, 3.63) is 18.3 Å². The minimum absolute atomic E-state index is 0.651. The lowest BCUT2D eigenvalue weighted by Gasteiger charge is -2.32. The van der Waals surface area contributed by atoms with E-state index in [1.807, 2.05) is 6.20 Å². The van der Waals surface area contributed by atoms with E-state index in [1.54, 1.807) is 0 Å². The third-order valence-electron chi connectivity index (χ3n) is 4.55. The molecule has 0 bridgehead atoms. The van der Waals surface area contributed by atoms with E-state index in [1.165, 1.54) is 25.8 Å². The van der Waals surface area contributed by atoms with E-state index in [4.69, 9.17) is 4.74 Å². The number of rotatable bonds is 4. The second-order valence-corrected chi connectivity index (χ2v) is 6.02. The van der Waals surface area contributed by atoms with E-state index in [-0.39, 0.29) is 0 Å². The highest BCUT2D eigenvalue weighted by Crippen LogP contribution is 2.18. The van der Waals surface area contributed by atoms with Crippen LogP contribution in [0.15, 0.2) is 18.3 Å².